The second-order valence-corrected chi connectivity index (χ2v) is 6.02. The van der Waals surface area contributed by atoms with Crippen molar-refractivity contribution in [1.29, 1.82) is 0 Å². The molecular weight excluding hydrogens is 354 g/mol. The van der Waals surface area contributed by atoms with Crippen LogP contribution in [0.1, 0.15) is 26.3 Å². The van der Waals surface area contributed by atoms with Gasteiger partial charge >= 0.3 is 5.97 Å². The molecule has 3 rings (SSSR count). The van der Waals surface area contributed by atoms with E-state index < -0.39 is 5.97 Å². The lowest BCUT2D eigenvalue weighted by Gasteiger charge is -2.04. The molecule has 0 saturated carbocycles. The number of nitrogens with one attached hydrogen (secondary N) is 1. The molecule has 1 heterocycles. The number of carbonyl (C=O) groups is 2. The molecule has 0 fully saturated rings. The Morgan fingerprint density at radius 1 is 1.15 bits per heavy atom. The third kappa shape index (κ3) is 4.29. The van der Waals surface area contributed by atoms with Gasteiger partial charge in [-0.1, -0.05) is 23.7 Å². The first-order chi connectivity index (χ1) is 12.5. The summed E-state index contributed by atoms with van der Waals surface area (Å²) in [6, 6.07) is 13.7. The Morgan fingerprint density at radius 3 is 2.58 bits per heavy atom. The Kier molecular flexibility index (Phi) is 5.34. The monoisotopic (exact) mass is 369 g/mol. The molecular formula is C19H16ClN3O3. The minimum absolute atomic E-state index is 0.311. The van der Waals surface area contributed by atoms with E-state index in [0.717, 1.165) is 5.56 Å². The third-order valence-corrected chi connectivity index (χ3v) is 3.93. The molecule has 1 N–H and O–H groups in total. The number of hydrogen-bond acceptors (Lipinski definition) is 4. The van der Waals surface area contributed by atoms with Crippen molar-refractivity contribution in [3.8, 4) is 0 Å². The number of benzene rings is 2. The Morgan fingerprint density at radius 2 is 1.88 bits per heavy atom. The molecule has 0 aliphatic carbocycles. The highest BCUT2D eigenvalue weighted by molar-refractivity contribution is 6.30. The molecule has 26 heavy (non-hydrogen) atoms. The molecule has 0 bridgehead atoms. The van der Waals surface area contributed by atoms with Gasteiger partial charge in [0.05, 0.1) is 19.0 Å². The van der Waals surface area contributed by atoms with Crippen LogP contribution in [0.5, 0.6) is 0 Å². The number of ether oxygens (including phenoxy) is 1. The smallest absolute Gasteiger partial charge is 0.337 e. The van der Waals surface area contributed by atoms with E-state index in [9.17, 15) is 9.59 Å². The van der Waals surface area contributed by atoms with Crippen LogP contribution in [0.15, 0.2) is 61.1 Å². The van der Waals surface area contributed by atoms with Gasteiger partial charge in [-0.15, -0.1) is 0 Å². The topological polar surface area (TPSA) is 73.2 Å². The Labute approximate surface area is 155 Å². The molecule has 0 unspecified atom stereocenters. The quantitative estimate of drug-likeness (QED) is 0.697. The van der Waals surface area contributed by atoms with Gasteiger partial charge in [0.25, 0.3) is 5.91 Å². The van der Waals surface area contributed by atoms with Crippen LogP contribution in [-0.2, 0) is 11.3 Å². The first kappa shape index (κ1) is 17.7. The van der Waals surface area contributed by atoms with Gasteiger partial charge < -0.3 is 14.6 Å². The van der Waals surface area contributed by atoms with Gasteiger partial charge in [-0.05, 0) is 42.0 Å². The zero-order valence-electron chi connectivity index (χ0n) is 14.0. The summed E-state index contributed by atoms with van der Waals surface area (Å²) >= 11 is 5.98. The number of imidazole rings is 1. The summed E-state index contributed by atoms with van der Waals surface area (Å²) in [7, 11) is 1.31. The van der Waals surface area contributed by atoms with E-state index in [4.69, 9.17) is 11.6 Å². The lowest BCUT2D eigenvalue weighted by Crippen LogP contribution is -2.12. The van der Waals surface area contributed by atoms with Gasteiger partial charge in [0.15, 0.2) is 5.82 Å². The molecule has 0 spiro atoms. The summed E-state index contributed by atoms with van der Waals surface area (Å²) < 4.78 is 6.48. The van der Waals surface area contributed by atoms with Crippen LogP contribution in [0.2, 0.25) is 5.02 Å². The molecule has 0 aliphatic rings. The number of anilines is 1. The van der Waals surface area contributed by atoms with E-state index >= 15 is 0 Å². The minimum atomic E-state index is -0.447. The molecule has 6 nitrogen and oxygen atoms in total. The fraction of sp³-hybridized carbons (Fsp3) is 0.105. The molecule has 1 aromatic heterocycles. The van der Waals surface area contributed by atoms with Crippen molar-refractivity contribution in [2.24, 2.45) is 0 Å². The molecule has 0 radical (unpaired) electrons. The molecule has 0 saturated heterocycles. The van der Waals surface area contributed by atoms with E-state index in [1.54, 1.807) is 36.8 Å². The summed E-state index contributed by atoms with van der Waals surface area (Å²) in [5.74, 6) is -0.319. The normalized spacial score (nSPS) is 10.4. The van der Waals surface area contributed by atoms with Crippen molar-refractivity contribution in [3.63, 3.8) is 0 Å². The number of aromatic nitrogens is 2. The summed E-state index contributed by atoms with van der Waals surface area (Å²) in [5, 5.41) is 3.40. The van der Waals surface area contributed by atoms with E-state index in [2.05, 4.69) is 15.0 Å². The van der Waals surface area contributed by atoms with Crippen LogP contribution in [0.3, 0.4) is 0 Å². The lowest BCUT2D eigenvalue weighted by molar-refractivity contribution is 0.0600. The average Bonchev–Trinajstić information content (AvgIpc) is 3.08. The highest BCUT2D eigenvalue weighted by Gasteiger charge is 2.10. The highest BCUT2D eigenvalue weighted by atomic mass is 35.5. The maximum absolute atomic E-state index is 12.3. The first-order valence-corrected chi connectivity index (χ1v) is 8.19. The second-order valence-electron chi connectivity index (χ2n) is 5.58. The van der Waals surface area contributed by atoms with Gasteiger partial charge in [0.2, 0.25) is 0 Å². The number of nitrogens with zero attached hydrogens (tertiary/aromatic N) is 2. The van der Waals surface area contributed by atoms with Crippen LogP contribution in [-0.4, -0.2) is 28.5 Å². The zero-order valence-corrected chi connectivity index (χ0v) is 14.7. The Bertz CT molecular complexity index is 935. The van der Waals surface area contributed by atoms with E-state index in [1.165, 1.54) is 7.11 Å². The molecule has 0 atom stereocenters. The number of methoxy groups -OCH3 is 1. The largest absolute Gasteiger partial charge is 0.465 e. The van der Waals surface area contributed by atoms with Crippen molar-refractivity contribution in [2.45, 2.75) is 6.54 Å². The molecule has 0 aliphatic heterocycles. The van der Waals surface area contributed by atoms with Crippen LogP contribution in [0.25, 0.3) is 0 Å². The number of amides is 1. The first-order valence-electron chi connectivity index (χ1n) is 7.81. The predicted octanol–water partition coefficient (Wildman–Crippen LogP) is 3.62. The van der Waals surface area contributed by atoms with E-state index in [1.807, 2.05) is 28.8 Å². The van der Waals surface area contributed by atoms with Crippen LogP contribution < -0.4 is 5.32 Å². The van der Waals surface area contributed by atoms with Crippen LogP contribution in [0.4, 0.5) is 5.82 Å². The number of hydrogen-bond donors (Lipinski definition) is 1. The summed E-state index contributed by atoms with van der Waals surface area (Å²) in [4.78, 5) is 27.9. The zero-order chi connectivity index (χ0) is 18.5. The van der Waals surface area contributed by atoms with Gasteiger partial charge in [0.1, 0.15) is 0 Å². The average molecular weight is 370 g/mol. The third-order valence-electron chi connectivity index (χ3n) is 3.70. The molecule has 132 valence electrons. The summed E-state index contributed by atoms with van der Waals surface area (Å²) in [6.07, 6.45) is 3.37. The number of rotatable bonds is 5. The summed E-state index contributed by atoms with van der Waals surface area (Å²) in [6.45, 7) is 0.595. The second kappa shape index (κ2) is 7.84. The van der Waals surface area contributed by atoms with Crippen molar-refractivity contribution >= 4 is 29.3 Å². The number of esters is 1. The van der Waals surface area contributed by atoms with Gasteiger partial charge in [-0.2, -0.15) is 0 Å². The van der Waals surface area contributed by atoms with Crippen molar-refractivity contribution in [1.82, 2.24) is 9.55 Å². The van der Waals surface area contributed by atoms with E-state index in [-0.39, 0.29) is 5.91 Å². The highest BCUT2D eigenvalue weighted by Crippen LogP contribution is 2.14. The van der Waals surface area contributed by atoms with Gasteiger partial charge in [-0.3, -0.25) is 4.79 Å². The standard InChI is InChI=1S/C19H16ClN3O3/c1-26-19(25)15-7-5-14(6-8-15)18(24)22-17-11-23(12-21-17)10-13-3-2-4-16(20)9-13/h2-9,11-12H,10H2,1H3,(H,22,24). The van der Waals surface area contributed by atoms with Gasteiger partial charge in [0, 0.05) is 23.3 Å². The molecule has 3 aromatic rings. The summed E-state index contributed by atoms with van der Waals surface area (Å²) in [5.41, 5.74) is 1.84. The van der Waals surface area contributed by atoms with Gasteiger partial charge in [-0.25, -0.2) is 9.78 Å². The molecule has 7 heteroatoms. The minimum Gasteiger partial charge on any atom is -0.465 e. The fourth-order valence-electron chi connectivity index (χ4n) is 2.42. The SMILES string of the molecule is COC(=O)c1ccc(C(=O)Nc2cn(Cc3cccc(Cl)c3)cn2)cc1. The molecule has 2 aromatic carbocycles. The number of carbonyl (C=O) groups excluding carboxylic acids is 2. The maximum atomic E-state index is 12.3. The van der Waals surface area contributed by atoms with E-state index in [0.29, 0.717) is 28.5 Å². The van der Waals surface area contributed by atoms with Crippen molar-refractivity contribution in [2.75, 3.05) is 12.4 Å². The van der Waals surface area contributed by atoms with Crippen molar-refractivity contribution in [3.05, 3.63) is 82.8 Å². The molecule has 1 amide bonds. The Balaban J connectivity index is 1.65. The van der Waals surface area contributed by atoms with Crippen LogP contribution in [0, 0.1) is 0 Å². The predicted molar refractivity (Wildman–Crippen MR) is 98.5 cm³/mol. The number of halogens is 1. The van der Waals surface area contributed by atoms with Crippen LogP contribution >= 0.6 is 11.6 Å². The fourth-order valence-corrected chi connectivity index (χ4v) is 2.63. The van der Waals surface area contributed by atoms with Crippen molar-refractivity contribution < 1.29 is 14.3 Å². The lowest BCUT2D eigenvalue weighted by atomic mass is 10.1. The Hall–Kier alpha value is -3.12. The maximum Gasteiger partial charge on any atom is 0.337 e.